The van der Waals surface area contributed by atoms with Crippen LogP contribution in [0.2, 0.25) is 0 Å². The lowest BCUT2D eigenvalue weighted by Crippen LogP contribution is -2.35. The highest BCUT2D eigenvalue weighted by molar-refractivity contribution is 5.91. The van der Waals surface area contributed by atoms with Gasteiger partial charge in [0.1, 0.15) is 0 Å². The van der Waals surface area contributed by atoms with Gasteiger partial charge in [-0.1, -0.05) is 12.1 Å². The average Bonchev–Trinajstić information content (AvgIpc) is 3.12. The van der Waals surface area contributed by atoms with Crippen LogP contribution < -0.4 is 5.32 Å². The number of nitrogens with one attached hydrogen (secondary N) is 2. The number of rotatable bonds is 7. The van der Waals surface area contributed by atoms with E-state index < -0.39 is 0 Å². The van der Waals surface area contributed by atoms with Crippen LogP contribution >= 0.6 is 0 Å². The second-order valence-corrected chi connectivity index (χ2v) is 7.98. The third kappa shape index (κ3) is 5.37. The Balaban J connectivity index is 1.34. The first-order chi connectivity index (χ1) is 15.1. The van der Waals surface area contributed by atoms with E-state index in [1.807, 2.05) is 38.2 Å². The van der Waals surface area contributed by atoms with Crippen molar-refractivity contribution in [3.05, 3.63) is 65.2 Å². The summed E-state index contributed by atoms with van der Waals surface area (Å²) in [7, 11) is 0. The Morgan fingerprint density at radius 3 is 2.65 bits per heavy atom. The lowest BCUT2D eigenvalue weighted by atomic mass is 9.97. The number of morpholine rings is 1. The summed E-state index contributed by atoms with van der Waals surface area (Å²) >= 11 is 0. The highest BCUT2D eigenvalue weighted by Crippen LogP contribution is 2.28. The van der Waals surface area contributed by atoms with E-state index in [0.29, 0.717) is 12.8 Å². The first kappa shape index (κ1) is 21.2. The fraction of sp³-hybridized carbons (Fsp3) is 0.375. The molecule has 1 aromatic carbocycles. The number of hydrogen-bond acceptors (Lipinski definition) is 5. The molecule has 0 radical (unpaired) electrons. The van der Waals surface area contributed by atoms with Crippen LogP contribution in [0, 0.1) is 13.8 Å². The number of hydrogen-bond donors (Lipinski definition) is 2. The first-order valence-electron chi connectivity index (χ1n) is 10.7. The van der Waals surface area contributed by atoms with Crippen LogP contribution in [0.1, 0.15) is 28.9 Å². The topological polar surface area (TPSA) is 83.1 Å². The summed E-state index contributed by atoms with van der Waals surface area (Å²) in [5, 5.41) is 10.3. The summed E-state index contributed by atoms with van der Waals surface area (Å²) in [4.78, 5) is 19.2. The number of carbonyl (C=O) groups is 1. The Morgan fingerprint density at radius 2 is 1.94 bits per heavy atom. The fourth-order valence-electron chi connectivity index (χ4n) is 4.00. The van der Waals surface area contributed by atoms with Crippen LogP contribution in [0.3, 0.4) is 0 Å². The number of benzene rings is 1. The quantitative estimate of drug-likeness (QED) is 0.613. The van der Waals surface area contributed by atoms with Gasteiger partial charge in [0.05, 0.1) is 18.9 Å². The summed E-state index contributed by atoms with van der Waals surface area (Å²) in [5.41, 5.74) is 7.26. The maximum Gasteiger partial charge on any atom is 0.224 e. The summed E-state index contributed by atoms with van der Waals surface area (Å²) in [6.07, 6.45) is 4.64. The number of amides is 1. The van der Waals surface area contributed by atoms with Gasteiger partial charge in [-0.15, -0.1) is 0 Å². The van der Waals surface area contributed by atoms with Crippen molar-refractivity contribution in [2.75, 3.05) is 31.6 Å². The van der Waals surface area contributed by atoms with Crippen LogP contribution in [0.4, 0.5) is 5.69 Å². The number of nitrogens with zero attached hydrogens (tertiary/aromatic N) is 3. The zero-order valence-corrected chi connectivity index (χ0v) is 18.1. The van der Waals surface area contributed by atoms with Crippen molar-refractivity contribution in [2.24, 2.45) is 0 Å². The summed E-state index contributed by atoms with van der Waals surface area (Å²) < 4.78 is 5.40. The molecule has 2 N–H and O–H groups in total. The minimum atomic E-state index is -0.00336. The van der Waals surface area contributed by atoms with E-state index in [1.165, 1.54) is 5.56 Å². The van der Waals surface area contributed by atoms with Gasteiger partial charge < -0.3 is 10.1 Å². The van der Waals surface area contributed by atoms with Crippen LogP contribution in [-0.2, 0) is 22.5 Å². The van der Waals surface area contributed by atoms with E-state index in [0.717, 1.165) is 66.6 Å². The second kappa shape index (κ2) is 9.85. The third-order valence-electron chi connectivity index (χ3n) is 5.67. The first-order valence-corrected chi connectivity index (χ1v) is 10.7. The predicted molar refractivity (Wildman–Crippen MR) is 121 cm³/mol. The van der Waals surface area contributed by atoms with Gasteiger partial charge in [-0.05, 0) is 55.2 Å². The van der Waals surface area contributed by atoms with Gasteiger partial charge in [-0.25, -0.2) is 0 Å². The SMILES string of the molecule is Cc1n[nH]c(C)c1-c1ccncc1CCC(=O)Nc1ccc(CN2CCOCC2)cc1. The molecule has 0 aliphatic carbocycles. The van der Waals surface area contributed by atoms with Crippen LogP contribution in [0.25, 0.3) is 11.1 Å². The number of pyridine rings is 1. The molecule has 1 aliphatic rings. The molecule has 2 aromatic heterocycles. The molecule has 1 saturated heterocycles. The molecule has 1 amide bonds. The van der Waals surface area contributed by atoms with Crippen molar-refractivity contribution in [1.82, 2.24) is 20.1 Å². The predicted octanol–water partition coefficient (Wildman–Crippen LogP) is 3.49. The van der Waals surface area contributed by atoms with Gasteiger partial charge in [-0.2, -0.15) is 5.10 Å². The van der Waals surface area contributed by atoms with Crippen LogP contribution in [0.5, 0.6) is 0 Å². The number of anilines is 1. The molecule has 1 aliphatic heterocycles. The molecule has 31 heavy (non-hydrogen) atoms. The largest absolute Gasteiger partial charge is 0.379 e. The monoisotopic (exact) mass is 419 g/mol. The average molecular weight is 420 g/mol. The Morgan fingerprint density at radius 1 is 1.16 bits per heavy atom. The Hall–Kier alpha value is -3.03. The van der Waals surface area contributed by atoms with Gasteiger partial charge in [0.25, 0.3) is 0 Å². The van der Waals surface area contributed by atoms with E-state index in [2.05, 4.69) is 37.5 Å². The molecule has 7 heteroatoms. The van der Waals surface area contributed by atoms with E-state index in [-0.39, 0.29) is 5.91 Å². The minimum Gasteiger partial charge on any atom is -0.379 e. The molecule has 4 rings (SSSR count). The third-order valence-corrected chi connectivity index (χ3v) is 5.67. The lowest BCUT2D eigenvalue weighted by Gasteiger charge is -2.26. The molecule has 1 fully saturated rings. The molecule has 7 nitrogen and oxygen atoms in total. The molecule has 3 heterocycles. The molecule has 0 unspecified atom stereocenters. The Labute approximate surface area is 182 Å². The number of ether oxygens (including phenoxy) is 1. The highest BCUT2D eigenvalue weighted by Gasteiger charge is 2.14. The van der Waals surface area contributed by atoms with E-state index in [9.17, 15) is 4.79 Å². The lowest BCUT2D eigenvalue weighted by molar-refractivity contribution is -0.116. The molecule has 3 aromatic rings. The standard InChI is InChI=1S/C24H29N5O2/c1-17-24(18(2)28-27-17)22-9-10-25-15-20(22)5-8-23(30)26-21-6-3-19(4-7-21)16-29-11-13-31-14-12-29/h3-4,6-7,9-10,15H,5,8,11-14,16H2,1-2H3,(H,26,30)(H,27,28). The van der Waals surface area contributed by atoms with Crippen molar-refractivity contribution in [3.63, 3.8) is 0 Å². The number of H-pyrrole nitrogens is 1. The van der Waals surface area contributed by atoms with Crippen molar-refractivity contribution in [3.8, 4) is 11.1 Å². The van der Waals surface area contributed by atoms with E-state index >= 15 is 0 Å². The molecule has 0 spiro atoms. The maximum atomic E-state index is 12.5. The van der Waals surface area contributed by atoms with Crippen LogP contribution in [-0.4, -0.2) is 52.3 Å². The molecular formula is C24H29N5O2. The minimum absolute atomic E-state index is 0.00336. The van der Waals surface area contributed by atoms with Gasteiger partial charge in [0.2, 0.25) is 5.91 Å². The van der Waals surface area contributed by atoms with E-state index in [1.54, 1.807) is 6.20 Å². The number of aromatic amines is 1. The van der Waals surface area contributed by atoms with Gasteiger partial charge >= 0.3 is 0 Å². The maximum absolute atomic E-state index is 12.5. The normalized spacial score (nSPS) is 14.5. The second-order valence-electron chi connectivity index (χ2n) is 7.98. The van der Waals surface area contributed by atoms with Crippen molar-refractivity contribution in [1.29, 1.82) is 0 Å². The number of aryl methyl sites for hydroxylation is 3. The van der Waals surface area contributed by atoms with Crippen LogP contribution in [0.15, 0.2) is 42.7 Å². The van der Waals surface area contributed by atoms with Gasteiger partial charge in [-0.3, -0.25) is 19.8 Å². The summed E-state index contributed by atoms with van der Waals surface area (Å²) in [6, 6.07) is 10.1. The number of aromatic nitrogens is 3. The van der Waals surface area contributed by atoms with Gasteiger partial charge in [0.15, 0.2) is 0 Å². The van der Waals surface area contributed by atoms with Crippen molar-refractivity contribution in [2.45, 2.75) is 33.2 Å². The molecular weight excluding hydrogens is 390 g/mol. The zero-order chi connectivity index (χ0) is 21.6. The smallest absolute Gasteiger partial charge is 0.224 e. The summed E-state index contributed by atoms with van der Waals surface area (Å²) in [6.45, 7) is 8.43. The van der Waals surface area contributed by atoms with Gasteiger partial charge in [0, 0.05) is 55.4 Å². The Bertz CT molecular complexity index is 1000. The van der Waals surface area contributed by atoms with Crippen molar-refractivity contribution >= 4 is 11.6 Å². The molecule has 0 saturated carbocycles. The highest BCUT2D eigenvalue weighted by atomic mass is 16.5. The number of carbonyl (C=O) groups excluding carboxylic acids is 1. The zero-order valence-electron chi connectivity index (χ0n) is 18.1. The van der Waals surface area contributed by atoms with Crippen molar-refractivity contribution < 1.29 is 9.53 Å². The van der Waals surface area contributed by atoms with E-state index in [4.69, 9.17) is 4.74 Å². The molecule has 162 valence electrons. The Kier molecular flexibility index (Phi) is 6.74. The molecule has 0 atom stereocenters. The molecule has 0 bridgehead atoms. The fourth-order valence-corrected chi connectivity index (χ4v) is 4.00. The summed E-state index contributed by atoms with van der Waals surface area (Å²) in [5.74, 6) is -0.00336.